The molecule has 2 aromatic rings. The molecule has 0 amide bonds. The van der Waals surface area contributed by atoms with E-state index >= 15 is 0 Å². The molecule has 0 saturated heterocycles. The summed E-state index contributed by atoms with van der Waals surface area (Å²) in [6.07, 6.45) is 1.44. The van der Waals surface area contributed by atoms with Gasteiger partial charge in [0.25, 0.3) is 0 Å². The molecule has 1 unspecified atom stereocenters. The molecule has 2 rings (SSSR count). The summed E-state index contributed by atoms with van der Waals surface area (Å²) in [5.74, 6) is -2.03. The van der Waals surface area contributed by atoms with E-state index < -0.39 is 11.6 Å². The topological polar surface area (TPSA) is 12.0 Å². The molecule has 0 aromatic heterocycles. The van der Waals surface area contributed by atoms with E-state index in [2.05, 4.69) is 5.32 Å². The van der Waals surface area contributed by atoms with E-state index in [1.807, 2.05) is 13.0 Å². The predicted octanol–water partition coefficient (Wildman–Crippen LogP) is 4.39. The summed E-state index contributed by atoms with van der Waals surface area (Å²) >= 11 is 0. The molecular formula is C17H18F3N. The third-order valence-electron chi connectivity index (χ3n) is 3.32. The highest BCUT2D eigenvalue weighted by molar-refractivity contribution is 5.25. The zero-order valence-electron chi connectivity index (χ0n) is 11.9. The van der Waals surface area contributed by atoms with Crippen LogP contribution in [0.15, 0.2) is 42.5 Å². The molecule has 0 aliphatic carbocycles. The van der Waals surface area contributed by atoms with Crippen molar-refractivity contribution in [3.05, 3.63) is 71.0 Å². The third-order valence-corrected chi connectivity index (χ3v) is 3.32. The average molecular weight is 293 g/mol. The fourth-order valence-electron chi connectivity index (χ4n) is 2.26. The van der Waals surface area contributed by atoms with Gasteiger partial charge >= 0.3 is 0 Å². The first-order valence-electron chi connectivity index (χ1n) is 7.03. The average Bonchev–Trinajstić information content (AvgIpc) is 2.46. The monoisotopic (exact) mass is 293 g/mol. The Morgan fingerprint density at radius 2 is 1.81 bits per heavy atom. The number of hydrogen-bond acceptors (Lipinski definition) is 1. The molecule has 0 fully saturated rings. The van der Waals surface area contributed by atoms with Crippen LogP contribution >= 0.6 is 0 Å². The highest BCUT2D eigenvalue weighted by Crippen LogP contribution is 2.21. The van der Waals surface area contributed by atoms with Gasteiger partial charge in [0.2, 0.25) is 0 Å². The standard InChI is InChI=1S/C17H18F3N/c1-2-8-21-17(10-12-4-3-5-14(18)9-12)13-6-7-15(19)16(20)11-13/h3-7,9,11,17,21H,2,8,10H2,1H3. The van der Waals surface area contributed by atoms with Crippen molar-refractivity contribution in [1.82, 2.24) is 5.32 Å². The van der Waals surface area contributed by atoms with Crippen molar-refractivity contribution < 1.29 is 13.2 Å². The molecule has 112 valence electrons. The number of hydrogen-bond donors (Lipinski definition) is 1. The van der Waals surface area contributed by atoms with Gasteiger partial charge in [-0.1, -0.05) is 25.1 Å². The van der Waals surface area contributed by atoms with Crippen molar-refractivity contribution in [2.24, 2.45) is 0 Å². The first-order valence-corrected chi connectivity index (χ1v) is 7.03. The van der Waals surface area contributed by atoms with Gasteiger partial charge in [-0.15, -0.1) is 0 Å². The van der Waals surface area contributed by atoms with Crippen LogP contribution in [0, 0.1) is 17.5 Å². The molecule has 2 aromatic carbocycles. The maximum atomic E-state index is 13.4. The van der Waals surface area contributed by atoms with E-state index in [0.717, 1.165) is 24.6 Å². The highest BCUT2D eigenvalue weighted by Gasteiger charge is 2.14. The van der Waals surface area contributed by atoms with E-state index in [-0.39, 0.29) is 11.9 Å². The molecule has 0 aliphatic heterocycles. The number of rotatable bonds is 6. The molecule has 4 heteroatoms. The zero-order chi connectivity index (χ0) is 15.2. The summed E-state index contributed by atoms with van der Waals surface area (Å²) in [5, 5.41) is 3.29. The number of halogens is 3. The fraction of sp³-hybridized carbons (Fsp3) is 0.294. The largest absolute Gasteiger partial charge is 0.310 e. The first kappa shape index (κ1) is 15.6. The highest BCUT2D eigenvalue weighted by atomic mass is 19.2. The van der Waals surface area contributed by atoms with Crippen LogP contribution in [0.1, 0.15) is 30.5 Å². The third kappa shape index (κ3) is 4.33. The maximum Gasteiger partial charge on any atom is 0.159 e. The molecule has 1 nitrogen and oxygen atoms in total. The molecule has 1 N–H and O–H groups in total. The van der Waals surface area contributed by atoms with Crippen LogP contribution < -0.4 is 5.32 Å². The Morgan fingerprint density at radius 3 is 2.48 bits per heavy atom. The van der Waals surface area contributed by atoms with Gasteiger partial charge in [0.15, 0.2) is 11.6 Å². The minimum absolute atomic E-state index is 0.179. The van der Waals surface area contributed by atoms with Crippen molar-refractivity contribution in [3.63, 3.8) is 0 Å². The molecule has 0 spiro atoms. The molecule has 0 saturated carbocycles. The lowest BCUT2D eigenvalue weighted by atomic mass is 9.98. The molecule has 0 aliphatic rings. The van der Waals surface area contributed by atoms with Crippen LogP contribution in [0.2, 0.25) is 0 Å². The molecule has 0 radical (unpaired) electrons. The van der Waals surface area contributed by atoms with Gasteiger partial charge < -0.3 is 5.32 Å². The van der Waals surface area contributed by atoms with E-state index in [1.54, 1.807) is 12.1 Å². The second-order valence-electron chi connectivity index (χ2n) is 5.01. The minimum Gasteiger partial charge on any atom is -0.310 e. The normalized spacial score (nSPS) is 12.4. The molecule has 0 bridgehead atoms. The Morgan fingerprint density at radius 1 is 1.00 bits per heavy atom. The van der Waals surface area contributed by atoms with Crippen LogP contribution in [0.4, 0.5) is 13.2 Å². The second kappa shape index (κ2) is 7.27. The minimum atomic E-state index is -0.866. The fourth-order valence-corrected chi connectivity index (χ4v) is 2.26. The van der Waals surface area contributed by atoms with Gasteiger partial charge in [-0.05, 0) is 54.8 Å². The van der Waals surface area contributed by atoms with Crippen molar-refractivity contribution in [2.45, 2.75) is 25.8 Å². The summed E-state index contributed by atoms with van der Waals surface area (Å²) in [5.41, 5.74) is 1.47. The molecule has 1 atom stereocenters. The van der Waals surface area contributed by atoms with Gasteiger partial charge in [0, 0.05) is 6.04 Å². The van der Waals surface area contributed by atoms with Crippen LogP contribution in [-0.4, -0.2) is 6.54 Å². The van der Waals surface area contributed by atoms with E-state index in [9.17, 15) is 13.2 Å². The smallest absolute Gasteiger partial charge is 0.159 e. The Kier molecular flexibility index (Phi) is 5.39. The van der Waals surface area contributed by atoms with Crippen LogP contribution in [0.5, 0.6) is 0 Å². The lowest BCUT2D eigenvalue weighted by Gasteiger charge is -2.19. The second-order valence-corrected chi connectivity index (χ2v) is 5.01. The Labute approximate surface area is 122 Å². The Balaban J connectivity index is 2.22. The maximum absolute atomic E-state index is 13.4. The van der Waals surface area contributed by atoms with Crippen molar-refractivity contribution in [2.75, 3.05) is 6.54 Å². The van der Waals surface area contributed by atoms with Crippen molar-refractivity contribution >= 4 is 0 Å². The van der Waals surface area contributed by atoms with Gasteiger partial charge in [0.1, 0.15) is 5.82 Å². The molecule has 0 heterocycles. The zero-order valence-corrected chi connectivity index (χ0v) is 11.9. The van der Waals surface area contributed by atoms with Crippen molar-refractivity contribution in [3.8, 4) is 0 Å². The summed E-state index contributed by atoms with van der Waals surface area (Å²) < 4.78 is 39.7. The lowest BCUT2D eigenvalue weighted by Crippen LogP contribution is -2.24. The first-order chi connectivity index (χ1) is 10.1. The van der Waals surface area contributed by atoms with Gasteiger partial charge in [-0.25, -0.2) is 13.2 Å². The quantitative estimate of drug-likeness (QED) is 0.833. The van der Waals surface area contributed by atoms with E-state index in [0.29, 0.717) is 12.0 Å². The van der Waals surface area contributed by atoms with Crippen LogP contribution in [0.25, 0.3) is 0 Å². The van der Waals surface area contributed by atoms with Gasteiger partial charge in [-0.3, -0.25) is 0 Å². The van der Waals surface area contributed by atoms with E-state index in [1.165, 1.54) is 18.2 Å². The predicted molar refractivity (Wildman–Crippen MR) is 77.5 cm³/mol. The van der Waals surface area contributed by atoms with E-state index in [4.69, 9.17) is 0 Å². The summed E-state index contributed by atoms with van der Waals surface area (Å²) in [4.78, 5) is 0. The van der Waals surface area contributed by atoms with Crippen LogP contribution in [0.3, 0.4) is 0 Å². The SMILES string of the molecule is CCCNC(Cc1cccc(F)c1)c1ccc(F)c(F)c1. The lowest BCUT2D eigenvalue weighted by molar-refractivity contribution is 0.493. The molecule has 21 heavy (non-hydrogen) atoms. The van der Waals surface area contributed by atoms with Crippen molar-refractivity contribution in [1.29, 1.82) is 0 Å². The summed E-state index contributed by atoms with van der Waals surface area (Å²) in [7, 11) is 0. The summed E-state index contributed by atoms with van der Waals surface area (Å²) in [6, 6.07) is 10.0. The number of nitrogens with one attached hydrogen (secondary N) is 1. The van der Waals surface area contributed by atoms with Gasteiger partial charge in [0.05, 0.1) is 0 Å². The Hall–Kier alpha value is -1.81. The number of benzene rings is 2. The van der Waals surface area contributed by atoms with Crippen LogP contribution in [-0.2, 0) is 6.42 Å². The van der Waals surface area contributed by atoms with Gasteiger partial charge in [-0.2, -0.15) is 0 Å². The Bertz CT molecular complexity index is 598. The summed E-state index contributed by atoms with van der Waals surface area (Å²) in [6.45, 7) is 2.77. The molecular weight excluding hydrogens is 275 g/mol.